The number of nitrogens with two attached hydrogens (primary N) is 1. The lowest BCUT2D eigenvalue weighted by Crippen LogP contribution is -2.32. The molecule has 0 aromatic carbocycles. The number of nitrogens with one attached hydrogen (secondary N) is 1. The minimum absolute atomic E-state index is 0.0346. The predicted molar refractivity (Wildman–Crippen MR) is 59.1 cm³/mol. The van der Waals surface area contributed by atoms with E-state index >= 15 is 0 Å². The van der Waals surface area contributed by atoms with E-state index in [4.69, 9.17) is 5.73 Å². The normalized spacial score (nSPS) is 13.9. The van der Waals surface area contributed by atoms with Crippen molar-refractivity contribution in [2.24, 2.45) is 7.05 Å². The van der Waals surface area contributed by atoms with Crippen molar-refractivity contribution in [2.75, 3.05) is 12.3 Å². The van der Waals surface area contributed by atoms with Gasteiger partial charge in [0.25, 0.3) is 0 Å². The van der Waals surface area contributed by atoms with Gasteiger partial charge in [0.2, 0.25) is 10.0 Å². The number of aliphatic hydroxyl groups excluding tert-OH is 1. The molecule has 0 saturated carbocycles. The molecule has 0 spiro atoms. The molecular weight excluding hydrogens is 232 g/mol. The number of nitrogen functional groups attached to an aromatic ring is 1. The highest BCUT2D eigenvalue weighted by Gasteiger charge is 2.20. The second-order valence-corrected chi connectivity index (χ2v) is 5.20. The van der Waals surface area contributed by atoms with Gasteiger partial charge >= 0.3 is 0 Å². The molecule has 0 saturated heterocycles. The van der Waals surface area contributed by atoms with Gasteiger partial charge in [-0.3, -0.25) is 4.68 Å². The van der Waals surface area contributed by atoms with Gasteiger partial charge in [0, 0.05) is 19.8 Å². The van der Waals surface area contributed by atoms with E-state index in [1.54, 1.807) is 14.0 Å². The van der Waals surface area contributed by atoms with Gasteiger partial charge in [-0.2, -0.15) is 5.10 Å². The number of aryl methyl sites for hydroxylation is 1. The zero-order chi connectivity index (χ0) is 12.3. The van der Waals surface area contributed by atoms with Crippen LogP contribution in [0.15, 0.2) is 11.1 Å². The Kier molecular flexibility index (Phi) is 3.89. The van der Waals surface area contributed by atoms with Gasteiger partial charge in [-0.1, -0.05) is 6.92 Å². The van der Waals surface area contributed by atoms with Crippen molar-refractivity contribution in [1.82, 2.24) is 14.5 Å². The number of rotatable bonds is 5. The SMILES string of the molecule is CCC(O)CNS(=O)(=O)c1cn(C)nc1N. The van der Waals surface area contributed by atoms with Gasteiger partial charge in [-0.15, -0.1) is 0 Å². The molecule has 1 unspecified atom stereocenters. The van der Waals surface area contributed by atoms with Crippen molar-refractivity contribution in [3.63, 3.8) is 0 Å². The summed E-state index contributed by atoms with van der Waals surface area (Å²) in [6.45, 7) is 1.73. The van der Waals surface area contributed by atoms with Crippen LogP contribution >= 0.6 is 0 Å². The maximum atomic E-state index is 11.7. The summed E-state index contributed by atoms with van der Waals surface area (Å²) in [5.74, 6) is -0.0546. The zero-order valence-corrected chi connectivity index (χ0v) is 10.0. The molecule has 1 rings (SSSR count). The molecule has 0 radical (unpaired) electrons. The minimum Gasteiger partial charge on any atom is -0.392 e. The van der Waals surface area contributed by atoms with Gasteiger partial charge in [0.05, 0.1) is 6.10 Å². The van der Waals surface area contributed by atoms with Crippen LogP contribution in [0.1, 0.15) is 13.3 Å². The summed E-state index contributed by atoms with van der Waals surface area (Å²) < 4.78 is 27.1. The Morgan fingerprint density at radius 2 is 2.31 bits per heavy atom. The Morgan fingerprint density at radius 1 is 1.69 bits per heavy atom. The van der Waals surface area contributed by atoms with Crippen molar-refractivity contribution < 1.29 is 13.5 Å². The van der Waals surface area contributed by atoms with E-state index in [1.807, 2.05) is 0 Å². The molecule has 16 heavy (non-hydrogen) atoms. The number of anilines is 1. The maximum absolute atomic E-state index is 11.7. The number of sulfonamides is 1. The van der Waals surface area contributed by atoms with Crippen LogP contribution in [-0.4, -0.2) is 36.0 Å². The van der Waals surface area contributed by atoms with Crippen molar-refractivity contribution in [2.45, 2.75) is 24.3 Å². The summed E-state index contributed by atoms with van der Waals surface area (Å²) in [6, 6.07) is 0. The second-order valence-electron chi connectivity index (χ2n) is 3.47. The molecule has 92 valence electrons. The maximum Gasteiger partial charge on any atom is 0.245 e. The molecule has 0 amide bonds. The van der Waals surface area contributed by atoms with Gasteiger partial charge in [-0.25, -0.2) is 13.1 Å². The fraction of sp³-hybridized carbons (Fsp3) is 0.625. The summed E-state index contributed by atoms with van der Waals surface area (Å²) in [4.78, 5) is -0.0710. The first kappa shape index (κ1) is 12.9. The molecule has 1 atom stereocenters. The number of hydrogen-bond donors (Lipinski definition) is 3. The Bertz CT molecular complexity index is 454. The van der Waals surface area contributed by atoms with Gasteiger partial charge in [0.15, 0.2) is 5.82 Å². The quantitative estimate of drug-likeness (QED) is 0.622. The molecule has 1 aromatic rings. The van der Waals surface area contributed by atoms with E-state index < -0.39 is 16.1 Å². The van der Waals surface area contributed by atoms with E-state index in [1.165, 1.54) is 10.9 Å². The van der Waals surface area contributed by atoms with E-state index in [0.29, 0.717) is 6.42 Å². The smallest absolute Gasteiger partial charge is 0.245 e. The van der Waals surface area contributed by atoms with E-state index in [-0.39, 0.29) is 17.3 Å². The van der Waals surface area contributed by atoms with Gasteiger partial charge < -0.3 is 10.8 Å². The van der Waals surface area contributed by atoms with Crippen LogP contribution in [0.3, 0.4) is 0 Å². The Hall–Kier alpha value is -1.12. The molecular formula is C8H16N4O3S. The lowest BCUT2D eigenvalue weighted by molar-refractivity contribution is 0.174. The zero-order valence-electron chi connectivity index (χ0n) is 9.21. The first-order chi connectivity index (χ1) is 7.36. The van der Waals surface area contributed by atoms with Crippen LogP contribution in [0.4, 0.5) is 5.82 Å². The lowest BCUT2D eigenvalue weighted by Gasteiger charge is -2.09. The average molecular weight is 248 g/mol. The predicted octanol–water partition coefficient (Wildman–Crippen LogP) is -0.948. The molecule has 0 aliphatic heterocycles. The third kappa shape index (κ3) is 2.94. The Balaban J connectivity index is 2.82. The summed E-state index contributed by atoms with van der Waals surface area (Å²) in [7, 11) is -2.11. The van der Waals surface area contributed by atoms with E-state index in [9.17, 15) is 13.5 Å². The first-order valence-corrected chi connectivity index (χ1v) is 6.32. The number of nitrogens with zero attached hydrogens (tertiary/aromatic N) is 2. The standard InChI is InChI=1S/C8H16N4O3S/c1-3-6(13)4-10-16(14,15)7-5-12(2)11-8(7)9/h5-6,10,13H,3-4H2,1-2H3,(H2,9,11). The van der Waals surface area contributed by atoms with Gasteiger partial charge in [0.1, 0.15) is 4.90 Å². The molecule has 0 aliphatic rings. The Morgan fingerprint density at radius 3 is 2.75 bits per heavy atom. The van der Waals surface area contributed by atoms with Crippen LogP contribution in [0.2, 0.25) is 0 Å². The highest BCUT2D eigenvalue weighted by molar-refractivity contribution is 7.89. The molecule has 1 heterocycles. The van der Waals surface area contributed by atoms with Crippen LogP contribution in [0, 0.1) is 0 Å². The third-order valence-electron chi connectivity index (χ3n) is 2.09. The summed E-state index contributed by atoms with van der Waals surface area (Å²) in [6.07, 6.45) is 1.09. The Labute approximate surface area is 94.3 Å². The largest absolute Gasteiger partial charge is 0.392 e. The monoisotopic (exact) mass is 248 g/mol. The molecule has 0 fully saturated rings. The van der Waals surface area contributed by atoms with Crippen molar-refractivity contribution in [1.29, 1.82) is 0 Å². The van der Waals surface area contributed by atoms with Crippen LogP contribution in [0.5, 0.6) is 0 Å². The summed E-state index contributed by atoms with van der Waals surface area (Å²) in [5.41, 5.74) is 5.45. The number of aromatic nitrogens is 2. The summed E-state index contributed by atoms with van der Waals surface area (Å²) in [5, 5.41) is 13.0. The van der Waals surface area contributed by atoms with E-state index in [0.717, 1.165) is 0 Å². The topological polar surface area (TPSA) is 110 Å². The highest BCUT2D eigenvalue weighted by atomic mass is 32.2. The van der Waals surface area contributed by atoms with Crippen LogP contribution in [0.25, 0.3) is 0 Å². The molecule has 0 aliphatic carbocycles. The molecule has 4 N–H and O–H groups in total. The van der Waals surface area contributed by atoms with Crippen molar-refractivity contribution >= 4 is 15.8 Å². The van der Waals surface area contributed by atoms with Gasteiger partial charge in [-0.05, 0) is 6.42 Å². The molecule has 7 nitrogen and oxygen atoms in total. The second kappa shape index (κ2) is 4.81. The van der Waals surface area contributed by atoms with Crippen LogP contribution in [-0.2, 0) is 17.1 Å². The average Bonchev–Trinajstić information content (AvgIpc) is 2.55. The number of hydrogen-bond acceptors (Lipinski definition) is 5. The fourth-order valence-corrected chi connectivity index (χ4v) is 2.29. The van der Waals surface area contributed by atoms with Crippen LogP contribution < -0.4 is 10.5 Å². The third-order valence-corrected chi connectivity index (χ3v) is 3.53. The first-order valence-electron chi connectivity index (χ1n) is 4.83. The molecule has 8 heteroatoms. The minimum atomic E-state index is -3.69. The fourth-order valence-electron chi connectivity index (χ4n) is 1.12. The molecule has 1 aromatic heterocycles. The highest BCUT2D eigenvalue weighted by Crippen LogP contribution is 2.14. The van der Waals surface area contributed by atoms with Crippen molar-refractivity contribution in [3.8, 4) is 0 Å². The number of aliphatic hydroxyl groups is 1. The van der Waals surface area contributed by atoms with E-state index in [2.05, 4.69) is 9.82 Å². The summed E-state index contributed by atoms with van der Waals surface area (Å²) >= 11 is 0. The lowest BCUT2D eigenvalue weighted by atomic mass is 10.3. The molecule has 0 bridgehead atoms. The van der Waals surface area contributed by atoms with Crippen molar-refractivity contribution in [3.05, 3.63) is 6.20 Å².